The average Bonchev–Trinajstić information content (AvgIpc) is 3.13. The molecule has 1 aliphatic rings. The number of likely N-dealkylation sites (tertiary alicyclic amines) is 1. The molecule has 1 N–H and O–H groups in total. The largest absolute Gasteiger partial charge is 0.497 e. The maximum Gasteiger partial charge on any atom is 0.312 e. The zero-order valence-electron chi connectivity index (χ0n) is 18.8. The van der Waals surface area contributed by atoms with E-state index >= 15 is 0 Å². The SMILES string of the molecule is CCCCN1C(=O)C[C@H](C(=O)OCC(=O)Nc2ccc(C)cc2)[C@H]1c1ccc(OC)cc1. The molecule has 0 aliphatic carbocycles. The second-order valence-corrected chi connectivity index (χ2v) is 7.99. The van der Waals surface area contributed by atoms with Crippen LogP contribution in [0.3, 0.4) is 0 Å². The Morgan fingerprint density at radius 3 is 2.41 bits per heavy atom. The summed E-state index contributed by atoms with van der Waals surface area (Å²) in [5, 5.41) is 2.71. The van der Waals surface area contributed by atoms with Crippen LogP contribution in [-0.2, 0) is 19.1 Å². The van der Waals surface area contributed by atoms with Gasteiger partial charge >= 0.3 is 5.97 Å². The first kappa shape index (κ1) is 23.3. The smallest absolute Gasteiger partial charge is 0.312 e. The molecule has 7 nitrogen and oxygen atoms in total. The minimum absolute atomic E-state index is 0.0683. The predicted molar refractivity (Wildman–Crippen MR) is 121 cm³/mol. The van der Waals surface area contributed by atoms with Crippen molar-refractivity contribution in [1.82, 2.24) is 4.90 Å². The summed E-state index contributed by atoms with van der Waals surface area (Å²) in [7, 11) is 1.59. The minimum Gasteiger partial charge on any atom is -0.497 e. The molecule has 0 spiro atoms. The number of hydrogen-bond acceptors (Lipinski definition) is 5. The molecular formula is C25H30N2O5. The van der Waals surface area contributed by atoms with Crippen molar-refractivity contribution in [3.05, 3.63) is 59.7 Å². The van der Waals surface area contributed by atoms with Gasteiger partial charge in [-0.3, -0.25) is 14.4 Å². The summed E-state index contributed by atoms with van der Waals surface area (Å²) < 4.78 is 10.5. The normalized spacial score (nSPS) is 17.8. The van der Waals surface area contributed by atoms with Gasteiger partial charge in [0.1, 0.15) is 5.75 Å². The molecule has 1 fully saturated rings. The number of rotatable bonds is 9. The van der Waals surface area contributed by atoms with E-state index in [9.17, 15) is 14.4 Å². The van der Waals surface area contributed by atoms with E-state index in [1.807, 2.05) is 43.3 Å². The van der Waals surface area contributed by atoms with E-state index in [1.165, 1.54) is 0 Å². The van der Waals surface area contributed by atoms with Gasteiger partial charge in [0, 0.05) is 18.7 Å². The summed E-state index contributed by atoms with van der Waals surface area (Å²) in [6, 6.07) is 14.3. The summed E-state index contributed by atoms with van der Waals surface area (Å²) in [5.74, 6) is -1.01. The molecule has 0 radical (unpaired) electrons. The first-order valence-corrected chi connectivity index (χ1v) is 10.9. The molecule has 2 aromatic rings. The third kappa shape index (κ3) is 5.66. The van der Waals surface area contributed by atoms with Gasteiger partial charge in [-0.25, -0.2) is 0 Å². The molecule has 1 heterocycles. The van der Waals surface area contributed by atoms with E-state index in [0.29, 0.717) is 18.0 Å². The van der Waals surface area contributed by atoms with Crippen molar-refractivity contribution in [2.75, 3.05) is 25.6 Å². The van der Waals surface area contributed by atoms with E-state index in [-0.39, 0.29) is 12.3 Å². The van der Waals surface area contributed by atoms with Gasteiger partial charge in [-0.1, -0.05) is 43.2 Å². The molecule has 2 atom stereocenters. The number of aryl methyl sites for hydroxylation is 1. The lowest BCUT2D eigenvalue weighted by atomic mass is 9.93. The van der Waals surface area contributed by atoms with Gasteiger partial charge in [0.15, 0.2) is 6.61 Å². The Hall–Kier alpha value is -3.35. The Kier molecular flexibility index (Phi) is 7.87. The van der Waals surface area contributed by atoms with E-state index in [1.54, 1.807) is 24.1 Å². The third-order valence-electron chi connectivity index (χ3n) is 5.63. The number of carbonyl (C=O) groups is 3. The Bertz CT molecular complexity index is 940. The number of esters is 1. The molecule has 0 saturated carbocycles. The van der Waals surface area contributed by atoms with Crippen molar-refractivity contribution in [2.45, 2.75) is 39.2 Å². The van der Waals surface area contributed by atoms with Crippen LogP contribution in [0.15, 0.2) is 48.5 Å². The van der Waals surface area contributed by atoms with Crippen molar-refractivity contribution < 1.29 is 23.9 Å². The quantitative estimate of drug-likeness (QED) is 0.601. The molecule has 0 unspecified atom stereocenters. The Morgan fingerprint density at radius 2 is 1.78 bits per heavy atom. The standard InChI is InChI=1S/C25H30N2O5/c1-4-5-14-27-23(29)15-21(24(27)18-8-12-20(31-3)13-9-18)25(30)32-16-22(28)26-19-10-6-17(2)7-11-19/h6-13,21,24H,4-5,14-16H2,1-3H3,(H,26,28)/t21-,24+/m0/s1. The summed E-state index contributed by atoms with van der Waals surface area (Å²) >= 11 is 0. The topological polar surface area (TPSA) is 84.9 Å². The predicted octanol–water partition coefficient (Wildman–Crippen LogP) is 3.88. The van der Waals surface area contributed by atoms with E-state index < -0.39 is 30.4 Å². The van der Waals surface area contributed by atoms with Crippen LogP contribution in [0.5, 0.6) is 5.75 Å². The Balaban J connectivity index is 1.69. The lowest BCUT2D eigenvalue weighted by Crippen LogP contribution is -2.32. The number of hydrogen-bond donors (Lipinski definition) is 1. The first-order chi connectivity index (χ1) is 15.4. The molecule has 7 heteroatoms. The van der Waals surface area contributed by atoms with Crippen LogP contribution in [0.1, 0.15) is 43.4 Å². The molecule has 32 heavy (non-hydrogen) atoms. The molecule has 2 amide bonds. The number of nitrogens with zero attached hydrogens (tertiary/aromatic N) is 1. The van der Waals surface area contributed by atoms with E-state index in [0.717, 1.165) is 24.0 Å². The van der Waals surface area contributed by atoms with Crippen LogP contribution in [-0.4, -0.2) is 42.9 Å². The first-order valence-electron chi connectivity index (χ1n) is 10.9. The maximum absolute atomic E-state index is 12.9. The number of methoxy groups -OCH3 is 1. The van der Waals surface area contributed by atoms with Crippen LogP contribution in [0, 0.1) is 12.8 Å². The maximum atomic E-state index is 12.9. The molecule has 0 bridgehead atoms. The van der Waals surface area contributed by atoms with Crippen LogP contribution in [0.2, 0.25) is 0 Å². The number of benzene rings is 2. The van der Waals surface area contributed by atoms with Gasteiger partial charge in [-0.2, -0.15) is 0 Å². The van der Waals surface area contributed by atoms with Crippen molar-refractivity contribution in [2.24, 2.45) is 5.92 Å². The fraction of sp³-hybridized carbons (Fsp3) is 0.400. The highest BCUT2D eigenvalue weighted by Crippen LogP contribution is 2.39. The highest BCUT2D eigenvalue weighted by atomic mass is 16.5. The fourth-order valence-corrected chi connectivity index (χ4v) is 3.88. The van der Waals surface area contributed by atoms with Crippen LogP contribution >= 0.6 is 0 Å². The average molecular weight is 439 g/mol. The number of amides is 2. The summed E-state index contributed by atoms with van der Waals surface area (Å²) in [5.41, 5.74) is 2.56. The van der Waals surface area contributed by atoms with E-state index in [2.05, 4.69) is 12.2 Å². The monoisotopic (exact) mass is 438 g/mol. The number of ether oxygens (including phenoxy) is 2. The van der Waals surface area contributed by atoms with Gasteiger partial charge in [0.05, 0.1) is 19.1 Å². The molecule has 3 rings (SSSR count). The van der Waals surface area contributed by atoms with Crippen molar-refractivity contribution >= 4 is 23.5 Å². The van der Waals surface area contributed by atoms with Crippen molar-refractivity contribution in [1.29, 1.82) is 0 Å². The Morgan fingerprint density at radius 1 is 1.09 bits per heavy atom. The van der Waals surface area contributed by atoms with Crippen LogP contribution in [0.4, 0.5) is 5.69 Å². The highest BCUT2D eigenvalue weighted by molar-refractivity contribution is 5.94. The molecule has 1 aliphatic heterocycles. The number of unbranched alkanes of at least 4 members (excludes halogenated alkanes) is 1. The second-order valence-electron chi connectivity index (χ2n) is 7.99. The summed E-state index contributed by atoms with van der Waals surface area (Å²) in [6.45, 7) is 4.19. The lowest BCUT2D eigenvalue weighted by molar-refractivity contribution is -0.152. The molecular weight excluding hydrogens is 408 g/mol. The van der Waals surface area contributed by atoms with Crippen molar-refractivity contribution in [3.63, 3.8) is 0 Å². The third-order valence-corrected chi connectivity index (χ3v) is 5.63. The molecule has 170 valence electrons. The van der Waals surface area contributed by atoms with Gasteiger partial charge < -0.3 is 19.7 Å². The van der Waals surface area contributed by atoms with Crippen LogP contribution < -0.4 is 10.1 Å². The summed E-state index contributed by atoms with van der Waals surface area (Å²) in [6.07, 6.45) is 1.85. The molecule has 2 aromatic carbocycles. The number of anilines is 1. The number of nitrogens with one attached hydrogen (secondary N) is 1. The zero-order valence-corrected chi connectivity index (χ0v) is 18.8. The lowest BCUT2D eigenvalue weighted by Gasteiger charge is -2.28. The van der Waals surface area contributed by atoms with Crippen LogP contribution in [0.25, 0.3) is 0 Å². The zero-order chi connectivity index (χ0) is 23.1. The molecule has 0 aromatic heterocycles. The second kappa shape index (κ2) is 10.8. The van der Waals surface area contributed by atoms with E-state index in [4.69, 9.17) is 9.47 Å². The fourth-order valence-electron chi connectivity index (χ4n) is 3.88. The highest BCUT2D eigenvalue weighted by Gasteiger charge is 2.45. The van der Waals surface area contributed by atoms with Gasteiger partial charge in [0.2, 0.25) is 5.91 Å². The van der Waals surface area contributed by atoms with Gasteiger partial charge in [-0.15, -0.1) is 0 Å². The minimum atomic E-state index is -0.667. The Labute approximate surface area is 188 Å². The molecule has 1 saturated heterocycles. The van der Waals surface area contributed by atoms with Gasteiger partial charge in [-0.05, 0) is 43.2 Å². The number of carbonyl (C=O) groups excluding carboxylic acids is 3. The summed E-state index contributed by atoms with van der Waals surface area (Å²) in [4.78, 5) is 39.6. The van der Waals surface area contributed by atoms with Gasteiger partial charge in [0.25, 0.3) is 5.91 Å². The van der Waals surface area contributed by atoms with Crippen molar-refractivity contribution in [3.8, 4) is 5.75 Å².